The number of aromatic nitrogens is 2. The van der Waals surface area contributed by atoms with Crippen molar-refractivity contribution in [3.8, 4) is 0 Å². The van der Waals surface area contributed by atoms with Crippen molar-refractivity contribution in [2.75, 3.05) is 5.75 Å². The molecule has 0 aliphatic carbocycles. The molecule has 0 fully saturated rings. The molecule has 0 aromatic carbocycles. The van der Waals surface area contributed by atoms with Gasteiger partial charge in [-0.15, -0.1) is 0 Å². The van der Waals surface area contributed by atoms with E-state index >= 15 is 0 Å². The largest absolute Gasteiger partial charge is 0.310 e. The third-order valence-electron chi connectivity index (χ3n) is 2.59. The van der Waals surface area contributed by atoms with Crippen LogP contribution >= 0.6 is 11.8 Å². The highest BCUT2D eigenvalue weighted by atomic mass is 32.2. The summed E-state index contributed by atoms with van der Waals surface area (Å²) >= 11 is 1.74. The maximum atomic E-state index is 4.37. The average Bonchev–Trinajstić information content (AvgIpc) is 2.34. The third-order valence-corrected chi connectivity index (χ3v) is 3.79. The minimum Gasteiger partial charge on any atom is -0.310 e. The van der Waals surface area contributed by atoms with Gasteiger partial charge in [-0.3, -0.25) is 0 Å². The molecule has 4 heteroatoms. The first kappa shape index (κ1) is 14.5. The van der Waals surface area contributed by atoms with Gasteiger partial charge in [-0.2, -0.15) is 0 Å². The molecule has 0 amide bonds. The summed E-state index contributed by atoms with van der Waals surface area (Å²) in [5.41, 5.74) is 1.14. The average molecular weight is 253 g/mol. The van der Waals surface area contributed by atoms with Crippen LogP contribution in [0.4, 0.5) is 0 Å². The van der Waals surface area contributed by atoms with Gasteiger partial charge in [0.25, 0.3) is 0 Å². The van der Waals surface area contributed by atoms with Crippen LogP contribution in [0.25, 0.3) is 0 Å². The number of nitrogens with zero attached hydrogens (tertiary/aromatic N) is 2. The molecular formula is C13H23N3S. The summed E-state index contributed by atoms with van der Waals surface area (Å²) in [5, 5.41) is 4.24. The molecule has 96 valence electrons. The van der Waals surface area contributed by atoms with E-state index in [2.05, 4.69) is 43.0 Å². The van der Waals surface area contributed by atoms with Gasteiger partial charge in [0.1, 0.15) is 0 Å². The Morgan fingerprint density at radius 1 is 1.24 bits per heavy atom. The van der Waals surface area contributed by atoms with Crippen LogP contribution in [0.5, 0.6) is 0 Å². The molecule has 1 aromatic rings. The monoisotopic (exact) mass is 253 g/mol. The van der Waals surface area contributed by atoms with Crippen LogP contribution in [0.2, 0.25) is 0 Å². The predicted molar refractivity (Wildman–Crippen MR) is 74.2 cm³/mol. The van der Waals surface area contributed by atoms with Crippen molar-refractivity contribution in [3.63, 3.8) is 0 Å². The lowest BCUT2D eigenvalue weighted by atomic mass is 10.2. The van der Waals surface area contributed by atoms with Crippen molar-refractivity contribution in [1.82, 2.24) is 15.3 Å². The molecule has 0 saturated heterocycles. The molecule has 1 atom stereocenters. The van der Waals surface area contributed by atoms with Crippen LogP contribution in [0.15, 0.2) is 17.6 Å². The first-order valence-corrected chi connectivity index (χ1v) is 7.27. The number of thioether (sulfide) groups is 1. The topological polar surface area (TPSA) is 37.8 Å². The van der Waals surface area contributed by atoms with Gasteiger partial charge in [-0.25, -0.2) is 9.97 Å². The molecule has 0 spiro atoms. The van der Waals surface area contributed by atoms with Crippen molar-refractivity contribution in [2.45, 2.75) is 51.9 Å². The highest BCUT2D eigenvalue weighted by Crippen LogP contribution is 2.17. The number of nitrogens with one attached hydrogen (secondary N) is 1. The number of hydrogen-bond donors (Lipinski definition) is 1. The highest BCUT2D eigenvalue weighted by Gasteiger charge is 2.03. The zero-order chi connectivity index (χ0) is 12.7. The quantitative estimate of drug-likeness (QED) is 0.598. The van der Waals surface area contributed by atoms with Crippen LogP contribution in [-0.4, -0.2) is 21.8 Å². The van der Waals surface area contributed by atoms with E-state index in [9.17, 15) is 0 Å². The standard InChI is InChI=1S/C13H23N3S/c1-5-11(4)9-17-13-15-7-12(8-16-13)6-14-10(2)3/h7-8,10-11,14H,5-6,9H2,1-4H3. The third kappa shape index (κ3) is 6.03. The molecule has 0 radical (unpaired) electrons. The van der Waals surface area contributed by atoms with Gasteiger partial charge < -0.3 is 5.32 Å². The Hall–Kier alpha value is -0.610. The minimum absolute atomic E-state index is 0.495. The molecule has 17 heavy (non-hydrogen) atoms. The fourth-order valence-electron chi connectivity index (χ4n) is 1.17. The molecule has 1 rings (SSSR count). The Labute approximate surface area is 109 Å². The van der Waals surface area contributed by atoms with E-state index in [1.54, 1.807) is 11.8 Å². The highest BCUT2D eigenvalue weighted by molar-refractivity contribution is 7.99. The fraction of sp³-hybridized carbons (Fsp3) is 0.692. The Morgan fingerprint density at radius 2 is 1.88 bits per heavy atom. The molecule has 0 bridgehead atoms. The van der Waals surface area contributed by atoms with E-state index in [1.807, 2.05) is 12.4 Å². The maximum Gasteiger partial charge on any atom is 0.187 e. The van der Waals surface area contributed by atoms with Gasteiger partial charge >= 0.3 is 0 Å². The van der Waals surface area contributed by atoms with Crippen molar-refractivity contribution in [2.24, 2.45) is 5.92 Å². The molecule has 0 aliphatic heterocycles. The van der Waals surface area contributed by atoms with E-state index < -0.39 is 0 Å². The summed E-state index contributed by atoms with van der Waals surface area (Å²) in [4.78, 5) is 8.75. The van der Waals surface area contributed by atoms with Crippen LogP contribution in [0, 0.1) is 5.92 Å². The summed E-state index contributed by atoms with van der Waals surface area (Å²) in [6.07, 6.45) is 5.05. The second-order valence-electron chi connectivity index (χ2n) is 4.73. The lowest BCUT2D eigenvalue weighted by Gasteiger charge is -2.08. The van der Waals surface area contributed by atoms with E-state index in [-0.39, 0.29) is 0 Å². The Balaban J connectivity index is 2.39. The fourth-order valence-corrected chi connectivity index (χ4v) is 2.09. The smallest absolute Gasteiger partial charge is 0.187 e. The van der Waals surface area contributed by atoms with Gasteiger partial charge in [0.15, 0.2) is 5.16 Å². The molecule has 1 unspecified atom stereocenters. The normalized spacial score (nSPS) is 13.0. The SMILES string of the molecule is CCC(C)CSc1ncc(CNC(C)C)cn1. The molecular weight excluding hydrogens is 230 g/mol. The summed E-state index contributed by atoms with van der Waals surface area (Å²) in [5.74, 6) is 1.82. The zero-order valence-corrected chi connectivity index (χ0v) is 12.0. The van der Waals surface area contributed by atoms with Gasteiger partial charge in [-0.05, 0) is 5.92 Å². The number of hydrogen-bond acceptors (Lipinski definition) is 4. The second-order valence-corrected chi connectivity index (χ2v) is 5.72. The molecule has 1 heterocycles. The van der Waals surface area contributed by atoms with Crippen LogP contribution < -0.4 is 5.32 Å². The second kappa shape index (κ2) is 7.67. The molecule has 0 aliphatic rings. The number of rotatable bonds is 7. The van der Waals surface area contributed by atoms with Crippen molar-refractivity contribution in [1.29, 1.82) is 0 Å². The van der Waals surface area contributed by atoms with Crippen molar-refractivity contribution in [3.05, 3.63) is 18.0 Å². The molecule has 1 N–H and O–H groups in total. The minimum atomic E-state index is 0.495. The lowest BCUT2D eigenvalue weighted by Crippen LogP contribution is -2.21. The van der Waals surface area contributed by atoms with Crippen LogP contribution in [-0.2, 0) is 6.54 Å². The predicted octanol–water partition coefficient (Wildman–Crippen LogP) is 3.11. The van der Waals surface area contributed by atoms with Gasteiger partial charge in [0.2, 0.25) is 0 Å². The zero-order valence-electron chi connectivity index (χ0n) is 11.2. The Bertz CT molecular complexity index is 311. The summed E-state index contributed by atoms with van der Waals surface area (Å²) in [6.45, 7) is 9.59. The van der Waals surface area contributed by atoms with Crippen molar-refractivity contribution >= 4 is 11.8 Å². The van der Waals surface area contributed by atoms with E-state index in [1.165, 1.54) is 6.42 Å². The van der Waals surface area contributed by atoms with E-state index in [0.717, 1.165) is 28.9 Å². The van der Waals surface area contributed by atoms with Crippen LogP contribution in [0.3, 0.4) is 0 Å². The van der Waals surface area contributed by atoms with E-state index in [0.29, 0.717) is 6.04 Å². The van der Waals surface area contributed by atoms with E-state index in [4.69, 9.17) is 0 Å². The Morgan fingerprint density at radius 3 is 2.41 bits per heavy atom. The lowest BCUT2D eigenvalue weighted by molar-refractivity contribution is 0.585. The first-order valence-electron chi connectivity index (χ1n) is 6.29. The van der Waals surface area contributed by atoms with Gasteiger partial charge in [-0.1, -0.05) is 45.9 Å². The molecule has 3 nitrogen and oxygen atoms in total. The summed E-state index contributed by atoms with van der Waals surface area (Å²) < 4.78 is 0. The summed E-state index contributed by atoms with van der Waals surface area (Å²) in [6, 6.07) is 0.495. The van der Waals surface area contributed by atoms with Crippen molar-refractivity contribution < 1.29 is 0 Å². The maximum absolute atomic E-state index is 4.37. The van der Waals surface area contributed by atoms with Gasteiger partial charge in [0, 0.05) is 36.3 Å². The first-order chi connectivity index (χ1) is 8.11. The van der Waals surface area contributed by atoms with Gasteiger partial charge in [0.05, 0.1) is 0 Å². The summed E-state index contributed by atoms with van der Waals surface area (Å²) in [7, 11) is 0. The molecule has 1 aromatic heterocycles. The Kier molecular flexibility index (Phi) is 6.52. The molecule has 0 saturated carbocycles. The van der Waals surface area contributed by atoms with Crippen LogP contribution in [0.1, 0.15) is 39.7 Å².